The molecule has 6 heterocycles. The fourth-order valence-electron chi connectivity index (χ4n) is 8.35. The van der Waals surface area contributed by atoms with Crippen LogP contribution in [0.4, 0.5) is 0 Å². The van der Waals surface area contributed by atoms with Crippen molar-refractivity contribution < 1.29 is 154 Å². The zero-order chi connectivity index (χ0) is 49.3. The molecule has 0 bridgehead atoms. The van der Waals surface area contributed by atoms with E-state index in [4.69, 9.17) is 52.1 Å². The summed E-state index contributed by atoms with van der Waals surface area (Å²) in [6.07, 6.45) is -57.6. The molecule has 6 aliphatic rings. The van der Waals surface area contributed by atoms with Crippen LogP contribution in [0.2, 0.25) is 0 Å². The van der Waals surface area contributed by atoms with Crippen molar-refractivity contribution in [1.29, 1.82) is 0 Å². The van der Waals surface area contributed by atoms with E-state index >= 15 is 0 Å². The SMILES string of the molecule is OC[C@H]1O[C@H](O[C@@H]2[C@H](O)[C@@H](O[C@@H]3[C@@H](O[C@@H]4C(O)O[C@H](CO[C@H]5O[C@H](CO)[C@@H](O)[C@H](O)[C@@H]5O[C@H]5O[C@H](CO)[C@@H](O)[C@H](O)[C@@H]5O)[C@@H](O)[C@@H]4O)O[C@H](CO)[C@@H](O)[C@@H]3O)O[C@H](CO)[C@H]2O)[C@@H](O)[C@@H](O)[C@@H]1O. The van der Waals surface area contributed by atoms with Gasteiger partial charge in [0.1, 0.15) is 146 Å². The highest BCUT2D eigenvalue weighted by molar-refractivity contribution is 4.99. The van der Waals surface area contributed by atoms with Gasteiger partial charge in [0.2, 0.25) is 0 Å². The van der Waals surface area contributed by atoms with Gasteiger partial charge >= 0.3 is 0 Å². The van der Waals surface area contributed by atoms with E-state index in [2.05, 4.69) is 0 Å². The highest BCUT2D eigenvalue weighted by atomic mass is 16.8. The van der Waals surface area contributed by atoms with Gasteiger partial charge in [-0.1, -0.05) is 0 Å². The van der Waals surface area contributed by atoms with Gasteiger partial charge in [0, 0.05) is 0 Å². The molecule has 0 aromatic rings. The third-order valence-electron chi connectivity index (χ3n) is 12.4. The van der Waals surface area contributed by atoms with Crippen LogP contribution in [0.15, 0.2) is 0 Å². The number of aliphatic hydroxyl groups excluding tert-OH is 20. The average molecular weight is 991 g/mol. The maximum atomic E-state index is 11.3. The predicted octanol–water partition coefficient (Wildman–Crippen LogP) is -14.1. The van der Waals surface area contributed by atoms with E-state index in [-0.39, 0.29) is 0 Å². The number of aliphatic hydroxyl groups is 20. The van der Waals surface area contributed by atoms with E-state index in [1.807, 2.05) is 0 Å². The molecule has 20 N–H and O–H groups in total. The largest absolute Gasteiger partial charge is 0.394 e. The Labute approximate surface area is 378 Å². The van der Waals surface area contributed by atoms with Crippen LogP contribution in [0.25, 0.3) is 0 Å². The lowest BCUT2D eigenvalue weighted by Crippen LogP contribution is -2.68. The number of rotatable bonds is 16. The molecule has 1 unspecified atom stereocenters. The first-order valence-electron chi connectivity index (χ1n) is 21.1. The summed E-state index contributed by atoms with van der Waals surface area (Å²) in [5, 5.41) is 210. The monoisotopic (exact) mass is 990 g/mol. The summed E-state index contributed by atoms with van der Waals surface area (Å²) in [5.41, 5.74) is 0. The van der Waals surface area contributed by atoms with Crippen LogP contribution in [0.1, 0.15) is 0 Å². The third kappa shape index (κ3) is 11.4. The number of hydrogen-bond acceptors (Lipinski definition) is 31. The minimum Gasteiger partial charge on any atom is -0.394 e. The molecule has 6 fully saturated rings. The quantitative estimate of drug-likeness (QED) is 0.0683. The Bertz CT molecular complexity index is 1510. The lowest BCUT2D eigenvalue weighted by molar-refractivity contribution is -0.401. The lowest BCUT2D eigenvalue weighted by atomic mass is 9.96. The molecule has 0 spiro atoms. The van der Waals surface area contributed by atoms with Crippen molar-refractivity contribution in [1.82, 2.24) is 0 Å². The Morgan fingerprint density at radius 2 is 0.567 bits per heavy atom. The van der Waals surface area contributed by atoms with Crippen LogP contribution in [-0.2, 0) is 52.1 Å². The second kappa shape index (κ2) is 23.5. The Morgan fingerprint density at radius 3 is 1.01 bits per heavy atom. The summed E-state index contributed by atoms with van der Waals surface area (Å²) < 4.78 is 60.9. The van der Waals surface area contributed by atoms with Crippen molar-refractivity contribution in [2.45, 2.75) is 184 Å². The van der Waals surface area contributed by atoms with E-state index < -0.39 is 224 Å². The molecule has 6 saturated heterocycles. The highest BCUT2D eigenvalue weighted by Crippen LogP contribution is 2.36. The van der Waals surface area contributed by atoms with Crippen LogP contribution >= 0.6 is 0 Å². The maximum absolute atomic E-state index is 11.3. The molecular weight excluding hydrogens is 928 g/mol. The van der Waals surface area contributed by atoms with Crippen LogP contribution in [0.3, 0.4) is 0 Å². The third-order valence-corrected chi connectivity index (χ3v) is 12.4. The van der Waals surface area contributed by atoms with Gasteiger partial charge in [-0.15, -0.1) is 0 Å². The van der Waals surface area contributed by atoms with E-state index in [1.165, 1.54) is 0 Å². The molecule has 31 nitrogen and oxygen atoms in total. The molecule has 392 valence electrons. The van der Waals surface area contributed by atoms with Gasteiger partial charge in [-0.25, -0.2) is 0 Å². The fraction of sp³-hybridized carbons (Fsp3) is 1.00. The molecule has 67 heavy (non-hydrogen) atoms. The number of hydrogen-bond donors (Lipinski definition) is 20. The van der Waals surface area contributed by atoms with Gasteiger partial charge in [-0.2, -0.15) is 0 Å². The second-order valence-electron chi connectivity index (χ2n) is 16.8. The van der Waals surface area contributed by atoms with E-state index in [0.29, 0.717) is 0 Å². The fourth-order valence-corrected chi connectivity index (χ4v) is 8.35. The topological polar surface area (TPSA) is 506 Å². The van der Waals surface area contributed by atoms with Crippen LogP contribution < -0.4 is 0 Å². The van der Waals surface area contributed by atoms with E-state index in [1.54, 1.807) is 0 Å². The standard InChI is InChI=1S/C36H62O31/c37-1-7-13(42)19(48)24(53)32(59-7)64-27-18(47)11(5-41)61-34(26(27)55)67-30-23(52)16(45)10(4-40)63-36(30)65-28-21(50)17(46)12(58-31(28)56)6-57-35-29(22(51)15(44)9(3-39)62-35)66-33-25(54)20(49)14(43)8(2-38)60-33/h7-56H,1-6H2/t7-,8-,9-,10-,11-,12-,13-,14-,15-,16-,17-,18-,19+,20+,21+,22+,23+,24+,25+,26+,27+,28+,29+,30+,31?,32-,33-,34-,35+,36-/m1/s1. The summed E-state index contributed by atoms with van der Waals surface area (Å²) in [5.74, 6) is 0. The minimum absolute atomic E-state index is 0.859. The van der Waals surface area contributed by atoms with Crippen molar-refractivity contribution in [2.75, 3.05) is 39.6 Å². The molecule has 6 rings (SSSR count). The van der Waals surface area contributed by atoms with Crippen molar-refractivity contribution >= 4 is 0 Å². The van der Waals surface area contributed by atoms with E-state index in [9.17, 15) is 102 Å². The first kappa shape index (κ1) is 55.1. The first-order chi connectivity index (χ1) is 31.7. The van der Waals surface area contributed by atoms with E-state index in [0.717, 1.165) is 0 Å². The molecule has 0 radical (unpaired) electrons. The molecule has 31 heteroatoms. The summed E-state index contributed by atoms with van der Waals surface area (Å²) in [6, 6.07) is 0. The summed E-state index contributed by atoms with van der Waals surface area (Å²) in [6.45, 7) is -5.48. The smallest absolute Gasteiger partial charge is 0.187 e. The van der Waals surface area contributed by atoms with Crippen molar-refractivity contribution in [3.05, 3.63) is 0 Å². The van der Waals surface area contributed by atoms with Gasteiger partial charge in [0.25, 0.3) is 0 Å². The Morgan fingerprint density at radius 1 is 0.254 bits per heavy atom. The molecule has 30 atom stereocenters. The molecule has 0 amide bonds. The summed E-state index contributed by atoms with van der Waals surface area (Å²) >= 11 is 0. The lowest BCUT2D eigenvalue weighted by Gasteiger charge is -2.49. The van der Waals surface area contributed by atoms with Gasteiger partial charge in [-0.05, 0) is 0 Å². The molecule has 0 saturated carbocycles. The Kier molecular flexibility index (Phi) is 19.4. The van der Waals surface area contributed by atoms with Gasteiger partial charge < -0.3 is 154 Å². The van der Waals surface area contributed by atoms with Crippen LogP contribution in [0, 0.1) is 0 Å². The zero-order valence-corrected chi connectivity index (χ0v) is 35.0. The van der Waals surface area contributed by atoms with Gasteiger partial charge in [-0.3, -0.25) is 0 Å². The van der Waals surface area contributed by atoms with Gasteiger partial charge in [0.15, 0.2) is 37.7 Å². The zero-order valence-electron chi connectivity index (χ0n) is 35.0. The Balaban J connectivity index is 1.15. The Hall–Kier alpha value is -1.24. The molecular formula is C36H62O31. The van der Waals surface area contributed by atoms with Crippen molar-refractivity contribution in [3.8, 4) is 0 Å². The molecule has 0 aliphatic carbocycles. The van der Waals surface area contributed by atoms with Gasteiger partial charge in [0.05, 0.1) is 39.6 Å². The van der Waals surface area contributed by atoms with Crippen molar-refractivity contribution in [2.24, 2.45) is 0 Å². The molecule has 0 aromatic heterocycles. The highest BCUT2D eigenvalue weighted by Gasteiger charge is 2.57. The molecule has 6 aliphatic heterocycles. The van der Waals surface area contributed by atoms with Crippen LogP contribution in [0.5, 0.6) is 0 Å². The molecule has 0 aromatic carbocycles. The maximum Gasteiger partial charge on any atom is 0.187 e. The normalized spacial score (nSPS) is 53.4. The summed E-state index contributed by atoms with van der Waals surface area (Å²) in [7, 11) is 0. The van der Waals surface area contributed by atoms with Crippen LogP contribution in [-0.4, -0.2) is 326 Å². The predicted molar refractivity (Wildman–Crippen MR) is 199 cm³/mol. The second-order valence-corrected chi connectivity index (χ2v) is 16.8. The van der Waals surface area contributed by atoms with Crippen molar-refractivity contribution in [3.63, 3.8) is 0 Å². The minimum atomic E-state index is -2.26. The summed E-state index contributed by atoms with van der Waals surface area (Å²) in [4.78, 5) is 0. The first-order valence-corrected chi connectivity index (χ1v) is 21.1. The number of ether oxygens (including phenoxy) is 11. The average Bonchev–Trinajstić information content (AvgIpc) is 3.31.